The number of halogens is 3. The Balaban J connectivity index is 2.01. The number of nitrogens with one attached hydrogen (secondary N) is 1. The fourth-order valence-electron chi connectivity index (χ4n) is 3.78. The van der Waals surface area contributed by atoms with Crippen molar-refractivity contribution in [2.75, 3.05) is 11.9 Å². The van der Waals surface area contributed by atoms with Gasteiger partial charge in [0.2, 0.25) is 0 Å². The summed E-state index contributed by atoms with van der Waals surface area (Å²) >= 11 is 0. The molecule has 8 nitrogen and oxygen atoms in total. The highest BCUT2D eigenvalue weighted by molar-refractivity contribution is 5.82. The molecule has 0 amide bonds. The zero-order valence-corrected chi connectivity index (χ0v) is 19.3. The molecule has 4 rings (SSSR count). The molecule has 0 bridgehead atoms. The Kier molecular flexibility index (Phi) is 6.82. The molecule has 11 heteroatoms. The standard InChI is InChI=1S/C25H21F3N6O2/c1-3-29-22-13-21(18-10-15(2)9-16(11-18)14-31-36)33-34(24(22)35)23-12-17(20-5-4-8-30-32-20)6-7-19(23)25(26,27)28/h4-14,29,36H,3H2,1-2H3/b31-14+. The number of hydrogen-bond acceptors (Lipinski definition) is 7. The molecule has 0 aliphatic rings. The topological polar surface area (TPSA) is 105 Å². The SMILES string of the molecule is CCNc1cc(-c2cc(C)cc(/C=N/O)c2)nn(-c2cc(-c3cccnn3)ccc2C(F)(F)F)c1=O. The lowest BCUT2D eigenvalue weighted by Crippen LogP contribution is -2.27. The van der Waals surface area contributed by atoms with Crippen molar-refractivity contribution in [2.45, 2.75) is 20.0 Å². The van der Waals surface area contributed by atoms with Crippen LogP contribution in [0.15, 0.2) is 70.7 Å². The normalized spacial score (nSPS) is 11.7. The molecular formula is C25H21F3N6O2. The number of benzene rings is 2. The quantitative estimate of drug-likeness (QED) is 0.224. The predicted molar refractivity (Wildman–Crippen MR) is 130 cm³/mol. The fraction of sp³-hybridized carbons (Fsp3) is 0.160. The van der Waals surface area contributed by atoms with Gasteiger partial charge in [0, 0.05) is 23.9 Å². The maximum Gasteiger partial charge on any atom is 0.418 e. The van der Waals surface area contributed by atoms with E-state index in [2.05, 4.69) is 25.8 Å². The maximum absolute atomic E-state index is 14.0. The Morgan fingerprint density at radius 2 is 1.89 bits per heavy atom. The van der Waals surface area contributed by atoms with Crippen LogP contribution in [0.3, 0.4) is 0 Å². The second kappa shape index (κ2) is 9.98. The number of rotatable bonds is 6. The van der Waals surface area contributed by atoms with E-state index < -0.39 is 23.0 Å². The first-order valence-electron chi connectivity index (χ1n) is 10.9. The number of anilines is 1. The summed E-state index contributed by atoms with van der Waals surface area (Å²) < 4.78 is 42.9. The van der Waals surface area contributed by atoms with Gasteiger partial charge in [-0.2, -0.15) is 33.1 Å². The molecule has 0 atom stereocenters. The first kappa shape index (κ1) is 24.6. The number of nitrogens with zero attached hydrogens (tertiary/aromatic N) is 5. The molecule has 4 aromatic rings. The van der Waals surface area contributed by atoms with Gasteiger partial charge in [-0.15, -0.1) is 0 Å². The molecule has 0 aliphatic heterocycles. The third-order valence-electron chi connectivity index (χ3n) is 5.28. The Hall–Kier alpha value is -4.54. The van der Waals surface area contributed by atoms with E-state index in [0.29, 0.717) is 28.9 Å². The van der Waals surface area contributed by atoms with Gasteiger partial charge in [0.05, 0.1) is 28.9 Å². The summed E-state index contributed by atoms with van der Waals surface area (Å²) in [6.45, 7) is 3.94. The average molecular weight is 494 g/mol. The number of oxime groups is 1. The Morgan fingerprint density at radius 1 is 1.08 bits per heavy atom. The first-order valence-corrected chi connectivity index (χ1v) is 10.9. The molecule has 0 radical (unpaired) electrons. The zero-order valence-electron chi connectivity index (χ0n) is 19.3. The Labute approximate surface area is 203 Å². The minimum atomic E-state index is -4.75. The van der Waals surface area contributed by atoms with Crippen LogP contribution in [0.1, 0.15) is 23.6 Å². The van der Waals surface area contributed by atoms with Crippen LogP contribution in [0.5, 0.6) is 0 Å². The van der Waals surface area contributed by atoms with Gasteiger partial charge in [-0.1, -0.05) is 17.3 Å². The second-order valence-electron chi connectivity index (χ2n) is 7.91. The van der Waals surface area contributed by atoms with Crippen LogP contribution >= 0.6 is 0 Å². The van der Waals surface area contributed by atoms with E-state index in [1.165, 1.54) is 30.6 Å². The van der Waals surface area contributed by atoms with Gasteiger partial charge in [0.25, 0.3) is 5.56 Å². The third-order valence-corrected chi connectivity index (χ3v) is 5.28. The molecule has 0 saturated heterocycles. The van der Waals surface area contributed by atoms with Crippen molar-refractivity contribution in [2.24, 2.45) is 5.16 Å². The van der Waals surface area contributed by atoms with Gasteiger partial charge in [-0.25, -0.2) is 0 Å². The molecule has 2 N–H and O–H groups in total. The minimum Gasteiger partial charge on any atom is -0.411 e. The lowest BCUT2D eigenvalue weighted by Gasteiger charge is -2.17. The van der Waals surface area contributed by atoms with Crippen LogP contribution < -0.4 is 10.9 Å². The van der Waals surface area contributed by atoms with Crippen molar-refractivity contribution in [1.82, 2.24) is 20.0 Å². The van der Waals surface area contributed by atoms with Crippen LogP contribution in [0, 0.1) is 6.92 Å². The molecule has 0 spiro atoms. The highest BCUT2D eigenvalue weighted by Gasteiger charge is 2.35. The number of alkyl halides is 3. The molecule has 0 unspecified atom stereocenters. The summed E-state index contributed by atoms with van der Waals surface area (Å²) in [4.78, 5) is 13.3. The summed E-state index contributed by atoms with van der Waals surface area (Å²) in [7, 11) is 0. The smallest absolute Gasteiger partial charge is 0.411 e. The summed E-state index contributed by atoms with van der Waals surface area (Å²) in [6.07, 6.45) is -2.08. The van der Waals surface area contributed by atoms with Crippen LogP contribution in [-0.4, -0.2) is 37.9 Å². The minimum absolute atomic E-state index is 0.0828. The van der Waals surface area contributed by atoms with Crippen molar-refractivity contribution in [3.8, 4) is 28.2 Å². The second-order valence-corrected chi connectivity index (χ2v) is 7.91. The average Bonchev–Trinajstić information content (AvgIpc) is 2.85. The van der Waals surface area contributed by atoms with Crippen LogP contribution in [-0.2, 0) is 6.18 Å². The summed E-state index contributed by atoms with van der Waals surface area (Å²) in [5.41, 5.74) is 0.679. The number of aromatic nitrogens is 4. The van der Waals surface area contributed by atoms with Crippen LogP contribution in [0.4, 0.5) is 18.9 Å². The highest BCUT2D eigenvalue weighted by atomic mass is 19.4. The third kappa shape index (κ3) is 5.09. The lowest BCUT2D eigenvalue weighted by atomic mass is 10.0. The molecule has 2 aromatic heterocycles. The van der Waals surface area contributed by atoms with Gasteiger partial charge >= 0.3 is 6.18 Å². The summed E-state index contributed by atoms with van der Waals surface area (Å²) in [5, 5.41) is 26.9. The van der Waals surface area contributed by atoms with Crippen molar-refractivity contribution in [1.29, 1.82) is 0 Å². The van der Waals surface area contributed by atoms with E-state index >= 15 is 0 Å². The van der Waals surface area contributed by atoms with E-state index in [1.54, 1.807) is 37.3 Å². The van der Waals surface area contributed by atoms with E-state index in [-0.39, 0.29) is 11.4 Å². The van der Waals surface area contributed by atoms with Gasteiger partial charge in [0.15, 0.2) is 0 Å². The van der Waals surface area contributed by atoms with E-state index in [9.17, 15) is 18.0 Å². The Bertz CT molecular complexity index is 1480. The molecule has 2 heterocycles. The largest absolute Gasteiger partial charge is 0.418 e. The maximum atomic E-state index is 14.0. The van der Waals surface area contributed by atoms with E-state index in [4.69, 9.17) is 5.21 Å². The number of hydrogen-bond donors (Lipinski definition) is 2. The fourth-order valence-corrected chi connectivity index (χ4v) is 3.78. The number of aryl methyl sites for hydroxylation is 1. The molecule has 2 aromatic carbocycles. The van der Waals surface area contributed by atoms with Crippen molar-refractivity contribution >= 4 is 11.9 Å². The first-order chi connectivity index (χ1) is 17.2. The highest BCUT2D eigenvalue weighted by Crippen LogP contribution is 2.36. The predicted octanol–water partition coefficient (Wildman–Crippen LogP) is 4.92. The van der Waals surface area contributed by atoms with Gasteiger partial charge < -0.3 is 10.5 Å². The molecule has 0 fully saturated rings. The van der Waals surface area contributed by atoms with Crippen molar-refractivity contribution in [3.05, 3.63) is 87.8 Å². The monoisotopic (exact) mass is 494 g/mol. The van der Waals surface area contributed by atoms with Crippen LogP contribution in [0.25, 0.3) is 28.2 Å². The van der Waals surface area contributed by atoms with E-state index in [1.807, 2.05) is 6.92 Å². The molecule has 0 saturated carbocycles. The zero-order chi connectivity index (χ0) is 25.9. The van der Waals surface area contributed by atoms with Crippen LogP contribution in [0.2, 0.25) is 0 Å². The molecule has 0 aliphatic carbocycles. The van der Waals surface area contributed by atoms with Gasteiger partial charge in [-0.05, 0) is 67.4 Å². The molecular weight excluding hydrogens is 473 g/mol. The Morgan fingerprint density at radius 3 is 2.56 bits per heavy atom. The summed E-state index contributed by atoms with van der Waals surface area (Å²) in [5.74, 6) is 0. The van der Waals surface area contributed by atoms with Gasteiger partial charge in [0.1, 0.15) is 5.69 Å². The van der Waals surface area contributed by atoms with Gasteiger partial charge in [-0.3, -0.25) is 4.79 Å². The lowest BCUT2D eigenvalue weighted by molar-refractivity contribution is -0.137. The molecule has 36 heavy (non-hydrogen) atoms. The van der Waals surface area contributed by atoms with E-state index in [0.717, 1.165) is 16.3 Å². The summed E-state index contributed by atoms with van der Waals surface area (Å²) in [6, 6.07) is 13.3. The van der Waals surface area contributed by atoms with Crippen molar-refractivity contribution < 1.29 is 18.4 Å². The molecule has 184 valence electrons. The van der Waals surface area contributed by atoms with Crippen molar-refractivity contribution in [3.63, 3.8) is 0 Å².